The number of carbonyl (C=O) groups excluding carboxylic acids is 1. The molecule has 0 aliphatic carbocycles. The van der Waals surface area contributed by atoms with E-state index in [2.05, 4.69) is 11.3 Å². The average Bonchev–Trinajstić information content (AvgIpc) is 2.60. The maximum atomic E-state index is 14.4. The van der Waals surface area contributed by atoms with Crippen LogP contribution in [0, 0.1) is 12.7 Å². The lowest BCUT2D eigenvalue weighted by molar-refractivity contribution is -0.138. The van der Waals surface area contributed by atoms with Crippen molar-refractivity contribution in [1.29, 1.82) is 0 Å². The van der Waals surface area contributed by atoms with Crippen molar-refractivity contribution in [2.45, 2.75) is 24.8 Å². The zero-order valence-electron chi connectivity index (χ0n) is 14.8. The topological polar surface area (TPSA) is 72.5 Å². The summed E-state index contributed by atoms with van der Waals surface area (Å²) in [6.45, 7) is 7.06. The Balaban J connectivity index is 2.51. The summed E-state index contributed by atoms with van der Waals surface area (Å²) in [6.07, 6.45) is 0. The number of aryl methyl sites for hydroxylation is 1. The van der Waals surface area contributed by atoms with Gasteiger partial charge in [-0.3, -0.25) is 0 Å². The maximum Gasteiger partial charge on any atom is 0.335 e. The fourth-order valence-corrected chi connectivity index (χ4v) is 3.85. The molecule has 2 aromatic carbocycles. The van der Waals surface area contributed by atoms with Gasteiger partial charge in [0.2, 0.25) is 10.0 Å². The highest BCUT2D eigenvalue weighted by Gasteiger charge is 2.31. The lowest BCUT2D eigenvalue weighted by atomic mass is 10.00. The second-order valence-electron chi connectivity index (χ2n) is 5.75. The number of hydrogen-bond acceptors (Lipinski definition) is 4. The van der Waals surface area contributed by atoms with E-state index in [0.717, 1.165) is 11.6 Å². The van der Waals surface area contributed by atoms with Crippen LogP contribution in [0.15, 0.2) is 59.5 Å². The summed E-state index contributed by atoms with van der Waals surface area (Å²) in [6, 6.07) is 8.53. The molecule has 0 saturated carbocycles. The van der Waals surface area contributed by atoms with Crippen molar-refractivity contribution in [3.8, 4) is 0 Å². The Bertz CT molecular complexity index is 938. The number of ether oxygens (including phenoxy) is 1. The lowest BCUT2D eigenvalue weighted by Crippen LogP contribution is -2.33. The number of hydrogen-bond donors (Lipinski definition) is 1. The fourth-order valence-electron chi connectivity index (χ4n) is 2.37. The van der Waals surface area contributed by atoms with Gasteiger partial charge in [-0.25, -0.2) is 17.6 Å². The average molecular weight is 412 g/mol. The molecular formula is C19H19ClFNO4S. The van der Waals surface area contributed by atoms with E-state index in [1.165, 1.54) is 24.3 Å². The number of nitrogens with one attached hydrogen (secondary N) is 1. The molecule has 5 nitrogen and oxygen atoms in total. The molecule has 2 aromatic rings. The first-order valence-corrected chi connectivity index (χ1v) is 9.92. The molecule has 0 fully saturated rings. The molecule has 0 aliphatic rings. The highest BCUT2D eigenvalue weighted by Crippen LogP contribution is 2.32. The van der Waals surface area contributed by atoms with E-state index < -0.39 is 27.9 Å². The Kier molecular flexibility index (Phi) is 6.75. The van der Waals surface area contributed by atoms with Crippen LogP contribution in [0.25, 0.3) is 0 Å². The molecular weight excluding hydrogens is 393 g/mol. The lowest BCUT2D eigenvalue weighted by Gasteiger charge is -2.22. The first kappa shape index (κ1) is 21.1. The SMILES string of the molecule is C=C(C(=O)OCC)C(NS(=O)(=O)c1ccc(C)cc1)c1c(F)cccc1Cl. The molecule has 0 aliphatic heterocycles. The molecule has 0 amide bonds. The number of carbonyl (C=O) groups is 1. The molecule has 0 bridgehead atoms. The van der Waals surface area contributed by atoms with Gasteiger partial charge in [0.25, 0.3) is 0 Å². The van der Waals surface area contributed by atoms with Crippen LogP contribution >= 0.6 is 11.6 Å². The van der Waals surface area contributed by atoms with Crippen molar-refractivity contribution in [3.05, 3.63) is 76.6 Å². The predicted octanol–water partition coefficient (Wildman–Crippen LogP) is 3.93. The quantitative estimate of drug-likeness (QED) is 0.553. The molecule has 0 spiro atoms. The van der Waals surface area contributed by atoms with Gasteiger partial charge in [-0.15, -0.1) is 0 Å². The first-order valence-electron chi connectivity index (χ1n) is 8.06. The monoisotopic (exact) mass is 411 g/mol. The standard InChI is InChI=1S/C19H19ClFNO4S/c1-4-26-19(23)13(3)18(17-15(20)6-5-7-16(17)21)22-27(24,25)14-10-8-12(2)9-11-14/h5-11,18,22H,3-4H2,1-2H3. The van der Waals surface area contributed by atoms with E-state index in [1.807, 2.05) is 6.92 Å². The van der Waals surface area contributed by atoms with Crippen molar-refractivity contribution in [2.75, 3.05) is 6.61 Å². The van der Waals surface area contributed by atoms with E-state index >= 15 is 0 Å². The zero-order valence-corrected chi connectivity index (χ0v) is 16.4. The minimum absolute atomic E-state index is 0.0396. The van der Waals surface area contributed by atoms with Crippen molar-refractivity contribution in [2.24, 2.45) is 0 Å². The van der Waals surface area contributed by atoms with E-state index in [4.69, 9.17) is 16.3 Å². The summed E-state index contributed by atoms with van der Waals surface area (Å²) in [5.74, 6) is -1.63. The Morgan fingerprint density at radius 1 is 1.26 bits per heavy atom. The fraction of sp³-hybridized carbons (Fsp3) is 0.211. The minimum atomic E-state index is -4.10. The van der Waals surface area contributed by atoms with Crippen LogP contribution in [-0.2, 0) is 19.6 Å². The number of esters is 1. The molecule has 1 N–H and O–H groups in total. The van der Waals surface area contributed by atoms with Crippen molar-refractivity contribution >= 4 is 27.6 Å². The van der Waals surface area contributed by atoms with Crippen molar-refractivity contribution in [1.82, 2.24) is 4.72 Å². The van der Waals surface area contributed by atoms with Crippen LogP contribution in [0.3, 0.4) is 0 Å². The van der Waals surface area contributed by atoms with E-state index in [0.29, 0.717) is 0 Å². The van der Waals surface area contributed by atoms with Gasteiger partial charge in [0.15, 0.2) is 0 Å². The molecule has 8 heteroatoms. The highest BCUT2D eigenvalue weighted by atomic mass is 35.5. The summed E-state index contributed by atoms with van der Waals surface area (Å²) in [4.78, 5) is 12.1. The van der Waals surface area contributed by atoms with E-state index in [-0.39, 0.29) is 27.7 Å². The Morgan fingerprint density at radius 3 is 2.44 bits per heavy atom. The van der Waals surface area contributed by atoms with Gasteiger partial charge in [0.05, 0.1) is 23.1 Å². The summed E-state index contributed by atoms with van der Waals surface area (Å²) < 4.78 is 47.2. The first-order chi connectivity index (χ1) is 12.7. The number of sulfonamides is 1. The second kappa shape index (κ2) is 8.65. The largest absolute Gasteiger partial charge is 0.463 e. The van der Waals surface area contributed by atoms with Crippen LogP contribution in [0.4, 0.5) is 4.39 Å². The van der Waals surface area contributed by atoms with Crippen LogP contribution in [-0.4, -0.2) is 21.0 Å². The molecule has 0 heterocycles. The molecule has 0 radical (unpaired) electrons. The summed E-state index contributed by atoms with van der Waals surface area (Å²) in [7, 11) is -4.10. The van der Waals surface area contributed by atoms with E-state index in [1.54, 1.807) is 19.1 Å². The molecule has 1 atom stereocenters. The minimum Gasteiger partial charge on any atom is -0.463 e. The van der Waals surface area contributed by atoms with Gasteiger partial charge in [-0.05, 0) is 38.1 Å². The third kappa shape index (κ3) is 4.94. The van der Waals surface area contributed by atoms with Crippen LogP contribution < -0.4 is 4.72 Å². The third-order valence-corrected chi connectivity index (χ3v) is 5.55. The second-order valence-corrected chi connectivity index (χ2v) is 7.87. The molecule has 27 heavy (non-hydrogen) atoms. The molecule has 2 rings (SSSR count). The number of benzene rings is 2. The van der Waals surface area contributed by atoms with Crippen molar-refractivity contribution in [3.63, 3.8) is 0 Å². The van der Waals surface area contributed by atoms with Gasteiger partial charge in [0.1, 0.15) is 5.82 Å². The zero-order chi connectivity index (χ0) is 20.2. The van der Waals surface area contributed by atoms with Gasteiger partial charge in [0, 0.05) is 10.6 Å². The van der Waals surface area contributed by atoms with Gasteiger partial charge in [-0.2, -0.15) is 4.72 Å². The van der Waals surface area contributed by atoms with Gasteiger partial charge < -0.3 is 4.74 Å². The number of rotatable bonds is 7. The Hall–Kier alpha value is -2.22. The molecule has 0 saturated heterocycles. The normalized spacial score (nSPS) is 12.4. The van der Waals surface area contributed by atoms with Crippen LogP contribution in [0.5, 0.6) is 0 Å². The summed E-state index contributed by atoms with van der Waals surface area (Å²) in [5, 5.41) is -0.0444. The molecule has 144 valence electrons. The predicted molar refractivity (Wildman–Crippen MR) is 101 cm³/mol. The van der Waals surface area contributed by atoms with Crippen molar-refractivity contribution < 1.29 is 22.3 Å². The Labute approximate surface area is 162 Å². The number of halogens is 2. The summed E-state index contributed by atoms with van der Waals surface area (Å²) >= 11 is 6.08. The van der Waals surface area contributed by atoms with Crippen LogP contribution in [0.1, 0.15) is 24.1 Å². The van der Waals surface area contributed by atoms with Gasteiger partial charge in [-0.1, -0.05) is 41.9 Å². The molecule has 0 aromatic heterocycles. The van der Waals surface area contributed by atoms with Crippen LogP contribution in [0.2, 0.25) is 5.02 Å². The maximum absolute atomic E-state index is 14.4. The third-order valence-electron chi connectivity index (χ3n) is 3.78. The Morgan fingerprint density at radius 2 is 1.89 bits per heavy atom. The van der Waals surface area contributed by atoms with Gasteiger partial charge >= 0.3 is 5.97 Å². The highest BCUT2D eigenvalue weighted by molar-refractivity contribution is 7.89. The summed E-state index contributed by atoms with van der Waals surface area (Å²) in [5.41, 5.74) is 0.394. The molecule has 1 unspecified atom stereocenters. The smallest absolute Gasteiger partial charge is 0.335 e. The van der Waals surface area contributed by atoms with E-state index in [9.17, 15) is 17.6 Å².